The van der Waals surface area contributed by atoms with Gasteiger partial charge >= 0.3 is 0 Å². The molecule has 1 aliphatic rings. The Balaban J connectivity index is 1.65. The predicted octanol–water partition coefficient (Wildman–Crippen LogP) is 3.88. The van der Waals surface area contributed by atoms with Crippen molar-refractivity contribution < 1.29 is 18.7 Å². The maximum Gasteiger partial charge on any atom is 0.291 e. The summed E-state index contributed by atoms with van der Waals surface area (Å²) in [6.07, 6.45) is 1.43. The summed E-state index contributed by atoms with van der Waals surface area (Å²) in [4.78, 5) is 24.6. The molecule has 0 aliphatic carbocycles. The van der Waals surface area contributed by atoms with Crippen molar-refractivity contribution in [1.82, 2.24) is 5.32 Å². The first-order valence-electron chi connectivity index (χ1n) is 8.14. The van der Waals surface area contributed by atoms with Gasteiger partial charge in [0.25, 0.3) is 11.8 Å². The van der Waals surface area contributed by atoms with Crippen LogP contribution in [0.3, 0.4) is 0 Å². The first kappa shape index (κ1) is 16.0. The molecular weight excluding hydrogens is 332 g/mol. The Kier molecular flexibility index (Phi) is 3.93. The number of ether oxygens (including phenoxy) is 1. The molecule has 0 radical (unpaired) electrons. The Hall–Kier alpha value is -3.54. The highest BCUT2D eigenvalue weighted by Crippen LogP contribution is 2.32. The predicted molar refractivity (Wildman–Crippen MR) is 95.5 cm³/mol. The van der Waals surface area contributed by atoms with Gasteiger partial charge < -0.3 is 19.8 Å². The number of benzene rings is 2. The smallest absolute Gasteiger partial charge is 0.291 e. The van der Waals surface area contributed by atoms with Gasteiger partial charge in [0.2, 0.25) is 0 Å². The van der Waals surface area contributed by atoms with Crippen LogP contribution in [0, 0.1) is 6.92 Å². The first-order chi connectivity index (χ1) is 12.6. The molecule has 3 aromatic rings. The maximum absolute atomic E-state index is 12.5. The van der Waals surface area contributed by atoms with E-state index in [9.17, 15) is 9.59 Å². The van der Waals surface area contributed by atoms with Crippen LogP contribution < -0.4 is 15.4 Å². The lowest BCUT2D eigenvalue weighted by atomic mass is 10.1. The van der Waals surface area contributed by atoms with Crippen LogP contribution in [0.25, 0.3) is 0 Å². The number of furan rings is 1. The number of anilines is 1. The van der Waals surface area contributed by atoms with Crippen molar-refractivity contribution in [2.45, 2.75) is 13.5 Å². The zero-order chi connectivity index (χ0) is 18.1. The second-order valence-electron chi connectivity index (χ2n) is 6.04. The Labute approximate surface area is 149 Å². The minimum atomic E-state index is -0.386. The van der Waals surface area contributed by atoms with Crippen molar-refractivity contribution in [3.63, 3.8) is 0 Å². The molecule has 2 aromatic carbocycles. The number of hydrogen-bond acceptors (Lipinski definition) is 4. The molecule has 6 nitrogen and oxygen atoms in total. The molecule has 2 amide bonds. The van der Waals surface area contributed by atoms with Gasteiger partial charge in [0.15, 0.2) is 5.76 Å². The van der Waals surface area contributed by atoms with E-state index in [1.807, 2.05) is 25.1 Å². The first-order valence-corrected chi connectivity index (χ1v) is 8.14. The lowest BCUT2D eigenvalue weighted by molar-refractivity contribution is 0.0944. The molecular formula is C20H16N2O4. The standard InChI is InChI=1S/C20H16N2O4/c1-12-4-6-16-13(9-12)11-21-19(23)15-10-14(5-7-17(15)26-16)22-20(24)18-3-2-8-25-18/h2-10H,11H2,1H3,(H,21,23)(H,22,24). The number of carbonyl (C=O) groups excluding carboxylic acids is 2. The average molecular weight is 348 g/mol. The van der Waals surface area contributed by atoms with Gasteiger partial charge in [0.1, 0.15) is 11.5 Å². The summed E-state index contributed by atoms with van der Waals surface area (Å²) in [5.41, 5.74) is 2.85. The molecule has 2 N–H and O–H groups in total. The third-order valence-electron chi connectivity index (χ3n) is 4.10. The van der Waals surface area contributed by atoms with Crippen molar-refractivity contribution in [3.05, 3.63) is 77.2 Å². The minimum Gasteiger partial charge on any atom is -0.459 e. The van der Waals surface area contributed by atoms with E-state index in [0.29, 0.717) is 29.3 Å². The number of hydrogen-bond donors (Lipinski definition) is 2. The topological polar surface area (TPSA) is 80.6 Å². The van der Waals surface area contributed by atoms with Gasteiger partial charge in [-0.1, -0.05) is 17.7 Å². The van der Waals surface area contributed by atoms with E-state index in [0.717, 1.165) is 11.1 Å². The number of fused-ring (bicyclic) bond motifs is 2. The van der Waals surface area contributed by atoms with Gasteiger partial charge in [0, 0.05) is 17.8 Å². The summed E-state index contributed by atoms with van der Waals surface area (Å²) in [5, 5.41) is 5.59. The van der Waals surface area contributed by atoms with Crippen molar-refractivity contribution in [2.24, 2.45) is 0 Å². The van der Waals surface area contributed by atoms with Crippen LogP contribution in [0.2, 0.25) is 0 Å². The van der Waals surface area contributed by atoms with Gasteiger partial charge in [-0.2, -0.15) is 0 Å². The zero-order valence-electron chi connectivity index (χ0n) is 14.0. The third-order valence-corrected chi connectivity index (χ3v) is 4.10. The van der Waals surface area contributed by atoms with Crippen molar-refractivity contribution in [2.75, 3.05) is 5.32 Å². The molecule has 1 aliphatic heterocycles. The van der Waals surface area contributed by atoms with Crippen molar-refractivity contribution in [3.8, 4) is 11.5 Å². The van der Waals surface area contributed by atoms with Gasteiger partial charge in [-0.3, -0.25) is 9.59 Å². The Bertz CT molecular complexity index is 993. The summed E-state index contributed by atoms with van der Waals surface area (Å²) in [6, 6.07) is 14.0. The van der Waals surface area contributed by atoms with Gasteiger partial charge in [-0.05, 0) is 43.3 Å². The van der Waals surface area contributed by atoms with E-state index in [-0.39, 0.29) is 17.6 Å². The second kappa shape index (κ2) is 6.40. The largest absolute Gasteiger partial charge is 0.459 e. The average Bonchev–Trinajstić information content (AvgIpc) is 3.16. The van der Waals surface area contributed by atoms with E-state index in [1.54, 1.807) is 30.3 Å². The van der Waals surface area contributed by atoms with Crippen molar-refractivity contribution >= 4 is 17.5 Å². The summed E-state index contributed by atoms with van der Waals surface area (Å²) in [6.45, 7) is 2.36. The fourth-order valence-corrected chi connectivity index (χ4v) is 2.81. The Morgan fingerprint density at radius 2 is 1.96 bits per heavy atom. The SMILES string of the molecule is Cc1ccc2c(c1)CNC(=O)c1cc(NC(=O)c3ccco3)ccc1O2. The fourth-order valence-electron chi connectivity index (χ4n) is 2.81. The summed E-state index contributed by atoms with van der Waals surface area (Å²) in [5.74, 6) is 0.679. The summed E-state index contributed by atoms with van der Waals surface area (Å²) < 4.78 is 11.0. The molecule has 0 fully saturated rings. The normalized spacial score (nSPS) is 12.7. The molecule has 0 unspecified atom stereocenters. The fraction of sp³-hybridized carbons (Fsp3) is 0.100. The van der Waals surface area contributed by atoms with Crippen LogP contribution in [-0.2, 0) is 6.54 Å². The highest BCUT2D eigenvalue weighted by molar-refractivity contribution is 6.04. The number of aryl methyl sites for hydroxylation is 1. The molecule has 2 heterocycles. The number of nitrogens with one attached hydrogen (secondary N) is 2. The van der Waals surface area contributed by atoms with Crippen LogP contribution in [-0.4, -0.2) is 11.8 Å². The summed E-state index contributed by atoms with van der Waals surface area (Å²) in [7, 11) is 0. The molecule has 0 spiro atoms. The van der Waals surface area contributed by atoms with Gasteiger partial charge in [-0.25, -0.2) is 0 Å². The minimum absolute atomic E-state index is 0.196. The van der Waals surface area contributed by atoms with E-state index in [1.165, 1.54) is 6.26 Å². The molecule has 4 rings (SSSR count). The van der Waals surface area contributed by atoms with Gasteiger partial charge in [-0.15, -0.1) is 0 Å². The number of amides is 2. The van der Waals surface area contributed by atoms with E-state index in [2.05, 4.69) is 10.6 Å². The molecule has 1 aromatic heterocycles. The number of carbonyl (C=O) groups is 2. The van der Waals surface area contributed by atoms with Crippen LogP contribution in [0.1, 0.15) is 32.0 Å². The quantitative estimate of drug-likeness (QED) is 0.736. The van der Waals surface area contributed by atoms with Gasteiger partial charge in [0.05, 0.1) is 11.8 Å². The zero-order valence-corrected chi connectivity index (χ0v) is 14.0. The molecule has 0 saturated heterocycles. The molecule has 0 bridgehead atoms. The van der Waals surface area contributed by atoms with Crippen LogP contribution >= 0.6 is 0 Å². The number of rotatable bonds is 2. The lowest BCUT2D eigenvalue weighted by Crippen LogP contribution is -2.25. The van der Waals surface area contributed by atoms with E-state index < -0.39 is 0 Å². The summed E-state index contributed by atoms with van der Waals surface area (Å²) >= 11 is 0. The second-order valence-corrected chi connectivity index (χ2v) is 6.04. The van der Waals surface area contributed by atoms with E-state index in [4.69, 9.17) is 9.15 Å². The molecule has 6 heteroatoms. The third kappa shape index (κ3) is 3.04. The highest BCUT2D eigenvalue weighted by atomic mass is 16.5. The molecule has 26 heavy (non-hydrogen) atoms. The lowest BCUT2D eigenvalue weighted by Gasteiger charge is -2.19. The monoisotopic (exact) mass is 348 g/mol. The Morgan fingerprint density at radius 3 is 2.77 bits per heavy atom. The van der Waals surface area contributed by atoms with Crippen LogP contribution in [0.4, 0.5) is 5.69 Å². The molecule has 0 saturated carbocycles. The van der Waals surface area contributed by atoms with Crippen molar-refractivity contribution in [1.29, 1.82) is 0 Å². The van der Waals surface area contributed by atoms with Crippen LogP contribution in [0.5, 0.6) is 11.5 Å². The molecule has 130 valence electrons. The molecule has 0 atom stereocenters. The maximum atomic E-state index is 12.5. The van der Waals surface area contributed by atoms with E-state index >= 15 is 0 Å². The Morgan fingerprint density at radius 1 is 1.12 bits per heavy atom. The highest BCUT2D eigenvalue weighted by Gasteiger charge is 2.20. The van der Waals surface area contributed by atoms with Crippen LogP contribution in [0.15, 0.2) is 59.2 Å².